The first kappa shape index (κ1) is 15.4. The van der Waals surface area contributed by atoms with Gasteiger partial charge in [-0.3, -0.25) is 9.59 Å². The van der Waals surface area contributed by atoms with Crippen LogP contribution in [0.25, 0.3) is 0 Å². The third-order valence-electron chi connectivity index (χ3n) is 3.45. The zero-order chi connectivity index (χ0) is 15.6. The molecule has 21 heavy (non-hydrogen) atoms. The van der Waals surface area contributed by atoms with Crippen molar-refractivity contribution in [3.63, 3.8) is 0 Å². The van der Waals surface area contributed by atoms with Crippen LogP contribution in [0.1, 0.15) is 19.8 Å². The molecule has 1 aromatic carbocycles. The molecule has 0 bridgehead atoms. The number of nitrogens with two attached hydrogens (primary N) is 1. The van der Waals surface area contributed by atoms with E-state index in [0.717, 1.165) is 12.1 Å². The zero-order valence-electron chi connectivity index (χ0n) is 11.7. The summed E-state index contributed by atoms with van der Waals surface area (Å²) in [6, 6.07) is 3.29. The fourth-order valence-electron chi connectivity index (χ4n) is 1.96. The maximum atomic E-state index is 13.4. The molecule has 0 aliphatic heterocycles. The van der Waals surface area contributed by atoms with Crippen LogP contribution in [0.3, 0.4) is 0 Å². The summed E-state index contributed by atoms with van der Waals surface area (Å²) in [4.78, 5) is 25.2. The number of carbonyl (C=O) groups excluding carboxylic acids is 2. The first-order valence-corrected chi connectivity index (χ1v) is 6.69. The molecule has 1 saturated carbocycles. The SMILES string of the molecule is CCN(CC(=O)Nc1c(F)cccc1F)C(=O)C1(N)CC1. The monoisotopic (exact) mass is 297 g/mol. The number of rotatable bonds is 5. The summed E-state index contributed by atoms with van der Waals surface area (Å²) in [5.74, 6) is -2.71. The molecule has 0 spiro atoms. The largest absolute Gasteiger partial charge is 0.332 e. The number of nitrogens with zero attached hydrogens (tertiary/aromatic N) is 1. The third-order valence-corrected chi connectivity index (χ3v) is 3.45. The molecule has 1 fully saturated rings. The highest BCUT2D eigenvalue weighted by Gasteiger charge is 2.48. The number of hydrogen-bond acceptors (Lipinski definition) is 3. The molecule has 0 unspecified atom stereocenters. The summed E-state index contributed by atoms with van der Waals surface area (Å²) in [5, 5.41) is 2.15. The Balaban J connectivity index is 2.02. The summed E-state index contributed by atoms with van der Waals surface area (Å²) in [7, 11) is 0. The molecular formula is C14H17F2N3O2. The number of halogens is 2. The Morgan fingerprint density at radius 2 is 1.90 bits per heavy atom. The highest BCUT2D eigenvalue weighted by atomic mass is 19.1. The molecule has 5 nitrogen and oxygen atoms in total. The van der Waals surface area contributed by atoms with Crippen molar-refractivity contribution in [1.29, 1.82) is 0 Å². The predicted octanol–water partition coefficient (Wildman–Crippen LogP) is 1.24. The average Bonchev–Trinajstić information content (AvgIpc) is 3.19. The number of hydrogen-bond donors (Lipinski definition) is 2. The van der Waals surface area contributed by atoms with E-state index in [4.69, 9.17) is 5.73 Å². The van der Waals surface area contributed by atoms with Crippen LogP contribution in [0.15, 0.2) is 18.2 Å². The number of likely N-dealkylation sites (N-methyl/N-ethyl adjacent to an activating group) is 1. The minimum atomic E-state index is -0.875. The Morgan fingerprint density at radius 3 is 2.38 bits per heavy atom. The van der Waals surface area contributed by atoms with Crippen molar-refractivity contribution < 1.29 is 18.4 Å². The maximum absolute atomic E-state index is 13.4. The van der Waals surface area contributed by atoms with E-state index < -0.39 is 28.8 Å². The van der Waals surface area contributed by atoms with E-state index in [1.54, 1.807) is 6.92 Å². The molecule has 114 valence electrons. The van der Waals surface area contributed by atoms with Crippen LogP contribution >= 0.6 is 0 Å². The van der Waals surface area contributed by atoms with Crippen molar-refractivity contribution in [2.24, 2.45) is 5.73 Å². The quantitative estimate of drug-likeness (QED) is 0.858. The molecule has 0 aromatic heterocycles. The molecule has 0 heterocycles. The summed E-state index contributed by atoms with van der Waals surface area (Å²) < 4.78 is 26.9. The summed E-state index contributed by atoms with van der Waals surface area (Å²) >= 11 is 0. The summed E-state index contributed by atoms with van der Waals surface area (Å²) in [5.41, 5.74) is 4.41. The predicted molar refractivity (Wildman–Crippen MR) is 73.4 cm³/mol. The van der Waals surface area contributed by atoms with Gasteiger partial charge in [-0.1, -0.05) is 6.07 Å². The first-order valence-electron chi connectivity index (χ1n) is 6.69. The number of anilines is 1. The first-order chi connectivity index (χ1) is 9.87. The van der Waals surface area contributed by atoms with Crippen molar-refractivity contribution in [2.45, 2.75) is 25.3 Å². The lowest BCUT2D eigenvalue weighted by Crippen LogP contribution is -2.48. The van der Waals surface area contributed by atoms with Crippen molar-refractivity contribution >= 4 is 17.5 Å². The van der Waals surface area contributed by atoms with Gasteiger partial charge in [-0.15, -0.1) is 0 Å². The Hall–Kier alpha value is -2.02. The third kappa shape index (κ3) is 3.36. The van der Waals surface area contributed by atoms with E-state index in [1.807, 2.05) is 0 Å². The van der Waals surface area contributed by atoms with E-state index in [9.17, 15) is 18.4 Å². The minimum absolute atomic E-state index is 0.290. The number of nitrogens with one attached hydrogen (secondary N) is 1. The van der Waals surface area contributed by atoms with Gasteiger partial charge in [0.2, 0.25) is 11.8 Å². The lowest BCUT2D eigenvalue weighted by Gasteiger charge is -2.23. The molecule has 2 amide bonds. The van der Waals surface area contributed by atoms with Gasteiger partial charge < -0.3 is 16.0 Å². The van der Waals surface area contributed by atoms with Gasteiger partial charge in [-0.25, -0.2) is 8.78 Å². The topological polar surface area (TPSA) is 75.4 Å². The van der Waals surface area contributed by atoms with Crippen molar-refractivity contribution in [2.75, 3.05) is 18.4 Å². The van der Waals surface area contributed by atoms with Gasteiger partial charge in [0.1, 0.15) is 17.3 Å². The molecule has 1 aliphatic carbocycles. The Bertz CT molecular complexity index is 553. The minimum Gasteiger partial charge on any atom is -0.332 e. The highest BCUT2D eigenvalue weighted by molar-refractivity contribution is 5.97. The van der Waals surface area contributed by atoms with E-state index in [0.29, 0.717) is 19.4 Å². The van der Waals surface area contributed by atoms with E-state index in [2.05, 4.69) is 5.32 Å². The van der Waals surface area contributed by atoms with E-state index >= 15 is 0 Å². The average molecular weight is 297 g/mol. The van der Waals surface area contributed by atoms with Crippen molar-refractivity contribution in [3.8, 4) is 0 Å². The van der Waals surface area contributed by atoms with Crippen LogP contribution in [0.4, 0.5) is 14.5 Å². The molecule has 7 heteroatoms. The van der Waals surface area contributed by atoms with Gasteiger partial charge in [0.15, 0.2) is 0 Å². The Labute approximate surface area is 121 Å². The molecule has 0 radical (unpaired) electrons. The van der Waals surface area contributed by atoms with E-state index in [-0.39, 0.29) is 12.5 Å². The van der Waals surface area contributed by atoms with Crippen LogP contribution in [-0.4, -0.2) is 35.3 Å². The molecular weight excluding hydrogens is 280 g/mol. The fourth-order valence-corrected chi connectivity index (χ4v) is 1.96. The molecule has 2 rings (SSSR count). The Morgan fingerprint density at radius 1 is 1.33 bits per heavy atom. The van der Waals surface area contributed by atoms with Crippen LogP contribution < -0.4 is 11.1 Å². The number of carbonyl (C=O) groups is 2. The van der Waals surface area contributed by atoms with Crippen molar-refractivity contribution in [3.05, 3.63) is 29.8 Å². The van der Waals surface area contributed by atoms with Gasteiger partial charge in [0, 0.05) is 6.54 Å². The summed E-state index contributed by atoms with van der Waals surface area (Å²) in [6.45, 7) is 1.72. The van der Waals surface area contributed by atoms with Crippen molar-refractivity contribution in [1.82, 2.24) is 4.90 Å². The van der Waals surface area contributed by atoms with Gasteiger partial charge in [0.05, 0.1) is 12.1 Å². The lowest BCUT2D eigenvalue weighted by atomic mass is 10.2. The fraction of sp³-hybridized carbons (Fsp3) is 0.429. The molecule has 3 N–H and O–H groups in total. The smallest absolute Gasteiger partial charge is 0.244 e. The second kappa shape index (κ2) is 5.77. The summed E-state index contributed by atoms with van der Waals surface area (Å²) in [6.07, 6.45) is 1.18. The highest BCUT2D eigenvalue weighted by Crippen LogP contribution is 2.34. The molecule has 1 aromatic rings. The van der Waals surface area contributed by atoms with Gasteiger partial charge in [-0.2, -0.15) is 0 Å². The van der Waals surface area contributed by atoms with Crippen LogP contribution in [-0.2, 0) is 9.59 Å². The molecule has 1 aliphatic rings. The zero-order valence-corrected chi connectivity index (χ0v) is 11.7. The second-order valence-electron chi connectivity index (χ2n) is 5.12. The second-order valence-corrected chi connectivity index (χ2v) is 5.12. The van der Waals surface area contributed by atoms with E-state index in [1.165, 1.54) is 11.0 Å². The molecule has 0 atom stereocenters. The normalized spacial score (nSPS) is 15.4. The van der Waals surface area contributed by atoms with Crippen LogP contribution in [0.2, 0.25) is 0 Å². The van der Waals surface area contributed by atoms with Gasteiger partial charge in [-0.05, 0) is 31.9 Å². The van der Waals surface area contributed by atoms with Gasteiger partial charge in [0.25, 0.3) is 0 Å². The number of benzene rings is 1. The van der Waals surface area contributed by atoms with Crippen LogP contribution in [0.5, 0.6) is 0 Å². The van der Waals surface area contributed by atoms with Gasteiger partial charge >= 0.3 is 0 Å². The van der Waals surface area contributed by atoms with Crippen LogP contribution in [0, 0.1) is 11.6 Å². The number of para-hydroxylation sites is 1. The standard InChI is InChI=1S/C14H17F2N3O2/c1-2-19(13(21)14(17)6-7-14)8-11(20)18-12-9(15)4-3-5-10(12)16/h3-5H,2,6-8,17H2,1H3,(H,18,20). The Kier molecular flexibility index (Phi) is 4.22. The maximum Gasteiger partial charge on any atom is 0.244 e. The molecule has 0 saturated heterocycles. The lowest BCUT2D eigenvalue weighted by molar-refractivity contribution is -0.136. The number of amides is 2.